The summed E-state index contributed by atoms with van der Waals surface area (Å²) >= 11 is 0. The minimum Gasteiger partial charge on any atom is -0.456 e. The molecule has 5 aromatic heterocycles. The minimum atomic E-state index is 0.798. The van der Waals surface area contributed by atoms with Gasteiger partial charge in [0.2, 0.25) is 0 Å². The normalized spacial score (nSPS) is 11.4. The molecule has 0 fully saturated rings. The molecule has 8 aromatic rings. The lowest BCUT2D eigenvalue weighted by molar-refractivity contribution is 0.669. The highest BCUT2D eigenvalue weighted by atomic mass is 16.3. The van der Waals surface area contributed by atoms with Crippen molar-refractivity contribution in [3.05, 3.63) is 134 Å². The van der Waals surface area contributed by atoms with Crippen LogP contribution in [0.3, 0.4) is 0 Å². The van der Waals surface area contributed by atoms with Crippen LogP contribution in [-0.2, 0) is 0 Å². The highest BCUT2D eigenvalue weighted by Gasteiger charge is 2.16. The van der Waals surface area contributed by atoms with E-state index in [0.29, 0.717) is 0 Å². The van der Waals surface area contributed by atoms with Gasteiger partial charge < -0.3 is 4.42 Å². The van der Waals surface area contributed by atoms with Gasteiger partial charge in [-0.05, 0) is 94.4 Å². The fourth-order valence-electron chi connectivity index (χ4n) is 5.49. The molecule has 0 amide bonds. The van der Waals surface area contributed by atoms with E-state index in [1.165, 1.54) is 0 Å². The Bertz CT molecular complexity index is 2150. The number of rotatable bonds is 4. The van der Waals surface area contributed by atoms with E-state index in [-0.39, 0.29) is 0 Å². The Morgan fingerprint density at radius 1 is 0.488 bits per heavy atom. The van der Waals surface area contributed by atoms with Gasteiger partial charge in [-0.25, -0.2) is 4.98 Å². The molecule has 5 heteroatoms. The third-order valence-electron chi connectivity index (χ3n) is 7.46. The van der Waals surface area contributed by atoms with Crippen molar-refractivity contribution >= 4 is 32.7 Å². The van der Waals surface area contributed by atoms with Crippen LogP contribution < -0.4 is 0 Å². The third-order valence-corrected chi connectivity index (χ3v) is 7.46. The fourth-order valence-corrected chi connectivity index (χ4v) is 5.49. The third kappa shape index (κ3) is 4.12. The monoisotopic (exact) mass is 526 g/mol. The Hall–Kier alpha value is -5.68. The van der Waals surface area contributed by atoms with Crippen molar-refractivity contribution in [3.8, 4) is 45.0 Å². The van der Waals surface area contributed by atoms with Crippen molar-refractivity contribution in [3.63, 3.8) is 0 Å². The molecule has 5 heterocycles. The first-order valence-electron chi connectivity index (χ1n) is 13.4. The zero-order chi connectivity index (χ0) is 27.2. The van der Waals surface area contributed by atoms with Crippen LogP contribution in [0.25, 0.3) is 77.7 Å². The molecule has 8 rings (SSSR count). The van der Waals surface area contributed by atoms with Crippen molar-refractivity contribution in [1.82, 2.24) is 19.9 Å². The van der Waals surface area contributed by atoms with E-state index in [9.17, 15) is 0 Å². The SMILES string of the molecule is c1ccc(-c2cc(-c3ccc4oc5cccc(-c6ccc7cnccc7c6)c5c4c3)cc(-c3ccccn3)n2)nc1. The van der Waals surface area contributed by atoms with Crippen LogP contribution in [0.15, 0.2) is 138 Å². The van der Waals surface area contributed by atoms with Crippen LogP contribution in [-0.4, -0.2) is 19.9 Å². The van der Waals surface area contributed by atoms with E-state index in [0.717, 1.165) is 77.7 Å². The molecule has 0 aliphatic rings. The number of benzene rings is 3. The van der Waals surface area contributed by atoms with Crippen molar-refractivity contribution < 1.29 is 4.42 Å². The van der Waals surface area contributed by atoms with Crippen LogP contribution in [0, 0.1) is 0 Å². The van der Waals surface area contributed by atoms with Gasteiger partial charge in [0.1, 0.15) is 11.2 Å². The lowest BCUT2D eigenvalue weighted by atomic mass is 9.96. The largest absolute Gasteiger partial charge is 0.456 e. The molecule has 192 valence electrons. The van der Waals surface area contributed by atoms with Crippen molar-refractivity contribution in [2.75, 3.05) is 0 Å². The van der Waals surface area contributed by atoms with E-state index < -0.39 is 0 Å². The summed E-state index contributed by atoms with van der Waals surface area (Å²) in [4.78, 5) is 18.3. The van der Waals surface area contributed by atoms with E-state index in [1.54, 1.807) is 12.4 Å². The summed E-state index contributed by atoms with van der Waals surface area (Å²) in [6.07, 6.45) is 7.31. The van der Waals surface area contributed by atoms with Crippen molar-refractivity contribution in [2.24, 2.45) is 0 Å². The van der Waals surface area contributed by atoms with Crippen LogP contribution >= 0.6 is 0 Å². The van der Waals surface area contributed by atoms with Gasteiger partial charge in [0.25, 0.3) is 0 Å². The first kappa shape index (κ1) is 23.2. The second kappa shape index (κ2) is 9.50. The average Bonchev–Trinajstić information content (AvgIpc) is 3.43. The van der Waals surface area contributed by atoms with Crippen LogP contribution in [0.1, 0.15) is 0 Å². The molecule has 0 radical (unpaired) electrons. The molecule has 0 saturated carbocycles. The maximum atomic E-state index is 6.34. The first-order valence-corrected chi connectivity index (χ1v) is 13.4. The van der Waals surface area contributed by atoms with Gasteiger partial charge in [-0.2, -0.15) is 0 Å². The maximum absolute atomic E-state index is 6.34. The maximum Gasteiger partial charge on any atom is 0.136 e. The van der Waals surface area contributed by atoms with Crippen LogP contribution in [0.5, 0.6) is 0 Å². The van der Waals surface area contributed by atoms with Gasteiger partial charge in [-0.15, -0.1) is 0 Å². The van der Waals surface area contributed by atoms with Gasteiger partial charge >= 0.3 is 0 Å². The summed E-state index contributed by atoms with van der Waals surface area (Å²) < 4.78 is 6.34. The van der Waals surface area contributed by atoms with Crippen LogP contribution in [0.2, 0.25) is 0 Å². The van der Waals surface area contributed by atoms with E-state index in [1.807, 2.05) is 60.9 Å². The highest BCUT2D eigenvalue weighted by Crippen LogP contribution is 2.39. The summed E-state index contributed by atoms with van der Waals surface area (Å²) in [5, 5.41) is 4.44. The molecule has 0 spiro atoms. The Balaban J connectivity index is 1.34. The second-order valence-electron chi connectivity index (χ2n) is 9.99. The highest BCUT2D eigenvalue weighted by molar-refractivity contribution is 6.13. The van der Waals surface area contributed by atoms with Crippen molar-refractivity contribution in [1.29, 1.82) is 0 Å². The predicted octanol–water partition coefficient (Wildman–Crippen LogP) is 8.99. The summed E-state index contributed by atoms with van der Waals surface area (Å²) in [6.45, 7) is 0. The van der Waals surface area contributed by atoms with Gasteiger partial charge in [0.15, 0.2) is 0 Å². The zero-order valence-corrected chi connectivity index (χ0v) is 21.9. The number of hydrogen-bond donors (Lipinski definition) is 0. The molecule has 41 heavy (non-hydrogen) atoms. The lowest BCUT2D eigenvalue weighted by Crippen LogP contribution is -1.93. The molecular formula is C36H22N4O. The fraction of sp³-hybridized carbons (Fsp3) is 0. The molecule has 0 atom stereocenters. The van der Waals surface area contributed by atoms with E-state index >= 15 is 0 Å². The molecule has 0 aliphatic carbocycles. The molecule has 0 aliphatic heterocycles. The second-order valence-corrected chi connectivity index (χ2v) is 9.99. The van der Waals surface area contributed by atoms with Gasteiger partial charge in [0, 0.05) is 40.9 Å². The minimum absolute atomic E-state index is 0.798. The summed E-state index contributed by atoms with van der Waals surface area (Å²) in [6, 6.07) is 37.1. The summed E-state index contributed by atoms with van der Waals surface area (Å²) in [7, 11) is 0. The lowest BCUT2D eigenvalue weighted by Gasteiger charge is -2.10. The Morgan fingerprint density at radius 3 is 2.02 bits per heavy atom. The number of fused-ring (bicyclic) bond motifs is 4. The zero-order valence-electron chi connectivity index (χ0n) is 21.9. The number of aromatic nitrogens is 4. The number of pyridine rings is 4. The Morgan fingerprint density at radius 2 is 1.27 bits per heavy atom. The van der Waals surface area contributed by atoms with E-state index in [2.05, 4.69) is 75.6 Å². The van der Waals surface area contributed by atoms with Gasteiger partial charge in [-0.3, -0.25) is 15.0 Å². The topological polar surface area (TPSA) is 64.7 Å². The quantitative estimate of drug-likeness (QED) is 0.229. The van der Waals surface area contributed by atoms with E-state index in [4.69, 9.17) is 9.40 Å². The van der Waals surface area contributed by atoms with Gasteiger partial charge in [0.05, 0.1) is 22.8 Å². The Labute approximate surface area is 235 Å². The summed E-state index contributed by atoms with van der Waals surface area (Å²) in [5.41, 5.74) is 9.32. The number of hydrogen-bond acceptors (Lipinski definition) is 5. The Kier molecular flexibility index (Phi) is 5.38. The smallest absolute Gasteiger partial charge is 0.136 e. The number of furan rings is 1. The molecule has 0 saturated heterocycles. The molecule has 3 aromatic carbocycles. The molecular weight excluding hydrogens is 504 g/mol. The molecule has 0 unspecified atom stereocenters. The average molecular weight is 527 g/mol. The predicted molar refractivity (Wildman–Crippen MR) is 164 cm³/mol. The number of nitrogens with zero attached hydrogens (tertiary/aromatic N) is 4. The van der Waals surface area contributed by atoms with Gasteiger partial charge in [-0.1, -0.05) is 42.5 Å². The molecule has 0 bridgehead atoms. The molecule has 0 N–H and O–H groups in total. The first-order chi connectivity index (χ1) is 20.3. The standard InChI is InChI=1S/C36H22N4O/c1-3-15-38-30(7-1)32-20-27(21-33(40-32)31-8-2-4-16-39-31)23-12-13-34-29(19-23)36-28(6-5-9-35(36)41-34)25-10-11-26-22-37-17-14-24(26)18-25/h1-22H. The molecule has 5 nitrogen and oxygen atoms in total. The van der Waals surface area contributed by atoms with Crippen LogP contribution in [0.4, 0.5) is 0 Å². The van der Waals surface area contributed by atoms with Crippen molar-refractivity contribution in [2.45, 2.75) is 0 Å². The summed E-state index contributed by atoms with van der Waals surface area (Å²) in [5.74, 6) is 0.